The van der Waals surface area contributed by atoms with Crippen LogP contribution in [0.5, 0.6) is 0 Å². The highest BCUT2D eigenvalue weighted by Gasteiger charge is 2.18. The summed E-state index contributed by atoms with van der Waals surface area (Å²) >= 11 is 0. The summed E-state index contributed by atoms with van der Waals surface area (Å²) in [7, 11) is 0. The van der Waals surface area contributed by atoms with Crippen LogP contribution in [0.1, 0.15) is 25.3 Å². The molecule has 0 spiro atoms. The number of nitrogens with two attached hydrogens (primary N) is 1. The maximum Gasteiger partial charge on any atom is 0.150 e. The summed E-state index contributed by atoms with van der Waals surface area (Å²) in [6.07, 6.45) is 1.66. The van der Waals surface area contributed by atoms with Gasteiger partial charge in [0, 0.05) is 18.7 Å². The molecule has 0 atom stereocenters. The molecule has 1 aromatic carbocycles. The molecule has 0 bridgehead atoms. The second-order valence-electron chi connectivity index (χ2n) is 4.27. The minimum atomic E-state index is -0.769. The van der Waals surface area contributed by atoms with Gasteiger partial charge in [0.05, 0.1) is 6.61 Å². The summed E-state index contributed by atoms with van der Waals surface area (Å²) in [4.78, 5) is 1.47. The molecule has 0 radical (unpaired) electrons. The Morgan fingerprint density at radius 3 is 2.32 bits per heavy atom. The van der Waals surface area contributed by atoms with Crippen molar-refractivity contribution >= 4 is 11.5 Å². The molecule has 0 aliphatic rings. The third-order valence-electron chi connectivity index (χ3n) is 2.80. The Morgan fingerprint density at radius 2 is 1.89 bits per heavy atom. The van der Waals surface area contributed by atoms with Gasteiger partial charge in [-0.1, -0.05) is 13.3 Å². The van der Waals surface area contributed by atoms with E-state index in [9.17, 15) is 8.78 Å². The van der Waals surface area contributed by atoms with Crippen LogP contribution in [0.4, 0.5) is 14.5 Å². The highest BCUT2D eigenvalue weighted by atomic mass is 19.1. The summed E-state index contributed by atoms with van der Waals surface area (Å²) < 4.78 is 27.9. The Hall–Kier alpha value is -1.69. The van der Waals surface area contributed by atoms with Gasteiger partial charge in [-0.3, -0.25) is 5.41 Å². The molecule has 19 heavy (non-hydrogen) atoms. The van der Waals surface area contributed by atoms with Gasteiger partial charge in [-0.15, -0.1) is 0 Å². The van der Waals surface area contributed by atoms with E-state index in [2.05, 4.69) is 0 Å². The molecule has 0 unspecified atom stereocenters. The van der Waals surface area contributed by atoms with E-state index in [-0.39, 0.29) is 30.2 Å². The van der Waals surface area contributed by atoms with E-state index in [0.29, 0.717) is 6.54 Å². The minimum absolute atomic E-state index is 0.0122. The molecule has 106 valence electrons. The fourth-order valence-electron chi connectivity index (χ4n) is 1.83. The molecule has 4 nitrogen and oxygen atoms in total. The number of rotatable bonds is 7. The standard InChI is InChI=1S/C13H19F2N3O/c1-2-3-4-18(5-6-19)12-10(14)7-9(13(16)17)8-11(12)15/h7-8,19H,2-6H2,1H3,(H3,16,17). The Bertz CT molecular complexity index is 429. The Morgan fingerprint density at radius 1 is 1.32 bits per heavy atom. The SMILES string of the molecule is CCCCN(CCO)c1c(F)cc(C(=N)N)cc1F. The lowest BCUT2D eigenvalue weighted by Crippen LogP contribution is -2.30. The normalized spacial score (nSPS) is 10.5. The molecule has 0 aliphatic heterocycles. The van der Waals surface area contributed by atoms with Gasteiger partial charge >= 0.3 is 0 Å². The quantitative estimate of drug-likeness (QED) is 0.523. The summed E-state index contributed by atoms with van der Waals surface area (Å²) in [5, 5.41) is 16.2. The molecule has 0 aliphatic carbocycles. The van der Waals surface area contributed by atoms with Gasteiger partial charge in [-0.05, 0) is 18.6 Å². The maximum atomic E-state index is 14.0. The van der Waals surface area contributed by atoms with E-state index in [1.54, 1.807) is 0 Å². The van der Waals surface area contributed by atoms with Gasteiger partial charge in [0.2, 0.25) is 0 Å². The van der Waals surface area contributed by atoms with Crippen LogP contribution in [0.2, 0.25) is 0 Å². The van der Waals surface area contributed by atoms with Crippen LogP contribution in [-0.2, 0) is 0 Å². The second kappa shape index (κ2) is 7.04. The first-order chi connectivity index (χ1) is 9.01. The molecule has 0 saturated carbocycles. The zero-order valence-electron chi connectivity index (χ0n) is 10.9. The number of nitrogen functional groups attached to an aromatic ring is 1. The molecule has 0 aromatic heterocycles. The fraction of sp³-hybridized carbons (Fsp3) is 0.462. The van der Waals surface area contributed by atoms with E-state index < -0.39 is 11.6 Å². The summed E-state index contributed by atoms with van der Waals surface area (Å²) in [5.41, 5.74) is 5.05. The number of anilines is 1. The number of nitrogens with zero attached hydrogens (tertiary/aromatic N) is 1. The number of amidine groups is 1. The van der Waals surface area contributed by atoms with Crippen LogP contribution in [0.25, 0.3) is 0 Å². The Balaban J connectivity index is 3.11. The molecule has 0 saturated heterocycles. The van der Waals surface area contributed by atoms with Crippen LogP contribution in [0.15, 0.2) is 12.1 Å². The molecule has 0 heterocycles. The van der Waals surface area contributed by atoms with Gasteiger partial charge < -0.3 is 15.7 Å². The maximum absolute atomic E-state index is 14.0. The van der Waals surface area contributed by atoms with Crippen molar-refractivity contribution in [1.82, 2.24) is 0 Å². The van der Waals surface area contributed by atoms with Crippen LogP contribution in [0, 0.1) is 17.0 Å². The lowest BCUT2D eigenvalue weighted by Gasteiger charge is -2.25. The highest BCUT2D eigenvalue weighted by molar-refractivity contribution is 5.95. The van der Waals surface area contributed by atoms with Gasteiger partial charge in [0.25, 0.3) is 0 Å². The molecule has 6 heteroatoms. The van der Waals surface area contributed by atoms with Crippen LogP contribution in [-0.4, -0.2) is 30.6 Å². The fourth-order valence-corrected chi connectivity index (χ4v) is 1.83. The molecule has 1 rings (SSSR count). The smallest absolute Gasteiger partial charge is 0.150 e. The van der Waals surface area contributed by atoms with Crippen molar-refractivity contribution in [1.29, 1.82) is 5.41 Å². The van der Waals surface area contributed by atoms with E-state index >= 15 is 0 Å². The van der Waals surface area contributed by atoms with Gasteiger partial charge in [0.1, 0.15) is 23.2 Å². The largest absolute Gasteiger partial charge is 0.395 e. The number of halogens is 2. The molecule has 0 amide bonds. The Kier molecular flexibility index (Phi) is 5.69. The molecule has 0 fully saturated rings. The van der Waals surface area contributed by atoms with Crippen LogP contribution in [0.3, 0.4) is 0 Å². The number of unbranched alkanes of at least 4 members (excludes halogenated alkanes) is 1. The predicted molar refractivity (Wildman–Crippen MR) is 71.6 cm³/mol. The number of aliphatic hydroxyl groups is 1. The average molecular weight is 271 g/mol. The lowest BCUT2D eigenvalue weighted by molar-refractivity contribution is 0.300. The van der Waals surface area contributed by atoms with Crippen molar-refractivity contribution in [2.45, 2.75) is 19.8 Å². The third-order valence-corrected chi connectivity index (χ3v) is 2.80. The van der Waals surface area contributed by atoms with E-state index in [0.717, 1.165) is 25.0 Å². The van der Waals surface area contributed by atoms with Crippen LogP contribution >= 0.6 is 0 Å². The molecule has 1 aromatic rings. The predicted octanol–water partition coefficient (Wildman–Crippen LogP) is 1.85. The minimum Gasteiger partial charge on any atom is -0.395 e. The van der Waals surface area contributed by atoms with Crippen LogP contribution < -0.4 is 10.6 Å². The number of hydrogen-bond donors (Lipinski definition) is 3. The van der Waals surface area contributed by atoms with E-state index in [4.69, 9.17) is 16.2 Å². The van der Waals surface area contributed by atoms with Crippen molar-refractivity contribution in [3.8, 4) is 0 Å². The van der Waals surface area contributed by atoms with Gasteiger partial charge in [-0.25, -0.2) is 8.78 Å². The third kappa shape index (κ3) is 3.89. The van der Waals surface area contributed by atoms with Crippen molar-refractivity contribution in [2.24, 2.45) is 5.73 Å². The van der Waals surface area contributed by atoms with E-state index in [1.165, 1.54) is 4.90 Å². The lowest BCUT2D eigenvalue weighted by atomic mass is 10.1. The molecular weight excluding hydrogens is 252 g/mol. The van der Waals surface area contributed by atoms with Gasteiger partial charge in [-0.2, -0.15) is 0 Å². The number of benzene rings is 1. The molecular formula is C13H19F2N3O. The van der Waals surface area contributed by atoms with Crippen molar-refractivity contribution in [3.63, 3.8) is 0 Å². The number of aliphatic hydroxyl groups excluding tert-OH is 1. The zero-order chi connectivity index (χ0) is 14.4. The first kappa shape index (κ1) is 15.4. The summed E-state index contributed by atoms with van der Waals surface area (Å²) in [6, 6.07) is 2.08. The second-order valence-corrected chi connectivity index (χ2v) is 4.27. The monoisotopic (exact) mass is 271 g/mol. The van der Waals surface area contributed by atoms with E-state index in [1.807, 2.05) is 6.92 Å². The zero-order valence-corrected chi connectivity index (χ0v) is 10.9. The number of hydrogen-bond acceptors (Lipinski definition) is 3. The van der Waals surface area contributed by atoms with Crippen molar-refractivity contribution < 1.29 is 13.9 Å². The van der Waals surface area contributed by atoms with Crippen molar-refractivity contribution in [2.75, 3.05) is 24.6 Å². The van der Waals surface area contributed by atoms with Gasteiger partial charge in [0.15, 0.2) is 0 Å². The first-order valence-electron chi connectivity index (χ1n) is 6.20. The summed E-state index contributed by atoms with van der Waals surface area (Å²) in [6.45, 7) is 2.41. The van der Waals surface area contributed by atoms with Crippen molar-refractivity contribution in [3.05, 3.63) is 29.3 Å². The number of nitrogens with one attached hydrogen (secondary N) is 1. The topological polar surface area (TPSA) is 73.3 Å². The average Bonchev–Trinajstić information content (AvgIpc) is 2.34. The highest BCUT2D eigenvalue weighted by Crippen LogP contribution is 2.25. The molecule has 4 N–H and O–H groups in total. The first-order valence-corrected chi connectivity index (χ1v) is 6.20. The summed E-state index contributed by atoms with van der Waals surface area (Å²) in [5.74, 6) is -1.92. The Labute approximate surface area is 111 Å².